The average molecular weight is 635 g/mol. The molecule has 0 atom stereocenters. The quantitative estimate of drug-likeness (QED) is 0.165. The van der Waals surface area contributed by atoms with Crippen molar-refractivity contribution in [1.29, 1.82) is 0 Å². The molecular formula is C50H34. The minimum absolute atomic E-state index is 0.0368. The number of benzene rings is 8. The Hall–Kier alpha value is -6.24. The van der Waals surface area contributed by atoms with Crippen LogP contribution in [-0.4, -0.2) is 0 Å². The first-order chi connectivity index (χ1) is 24.8. The summed E-state index contributed by atoms with van der Waals surface area (Å²) in [5.74, 6) is 0.0368. The van der Waals surface area contributed by atoms with Crippen molar-refractivity contribution in [3.05, 3.63) is 239 Å². The number of hydrogen-bond donors (Lipinski definition) is 0. The lowest BCUT2D eigenvalue weighted by molar-refractivity contribution is 0.792. The lowest BCUT2D eigenvalue weighted by atomic mass is 9.70. The van der Waals surface area contributed by atoms with Gasteiger partial charge in [0, 0.05) is 5.92 Å². The fraction of sp³-hybridized carbons (Fsp3) is 0.0400. The summed E-state index contributed by atoms with van der Waals surface area (Å²) in [5, 5.41) is 0. The highest BCUT2D eigenvalue weighted by Crippen LogP contribution is 2.64. The maximum absolute atomic E-state index is 2.39. The molecule has 0 fully saturated rings. The Bertz CT molecular complexity index is 2380. The molecule has 2 aliphatic carbocycles. The molecule has 1 spiro atoms. The molecule has 0 aromatic heterocycles. The van der Waals surface area contributed by atoms with Crippen LogP contribution in [0.25, 0.3) is 44.5 Å². The molecule has 0 aliphatic heterocycles. The molecule has 8 aromatic carbocycles. The third-order valence-electron chi connectivity index (χ3n) is 11.1. The molecule has 10 rings (SSSR count). The first-order valence-electron chi connectivity index (χ1n) is 17.6. The summed E-state index contributed by atoms with van der Waals surface area (Å²) in [6.07, 6.45) is 0. The van der Waals surface area contributed by atoms with E-state index in [4.69, 9.17) is 0 Å². The van der Waals surface area contributed by atoms with Gasteiger partial charge in [0.05, 0.1) is 5.41 Å². The van der Waals surface area contributed by atoms with E-state index in [1.165, 1.54) is 83.5 Å². The van der Waals surface area contributed by atoms with Crippen molar-refractivity contribution in [2.24, 2.45) is 0 Å². The minimum atomic E-state index is -0.367. The molecule has 0 radical (unpaired) electrons. The smallest absolute Gasteiger partial charge is 0.0622 e. The molecule has 0 N–H and O–H groups in total. The summed E-state index contributed by atoms with van der Waals surface area (Å²) < 4.78 is 0. The van der Waals surface area contributed by atoms with Crippen LogP contribution in [0, 0.1) is 0 Å². The van der Waals surface area contributed by atoms with Gasteiger partial charge in [-0.3, -0.25) is 0 Å². The van der Waals surface area contributed by atoms with Crippen LogP contribution >= 0.6 is 0 Å². The van der Waals surface area contributed by atoms with Gasteiger partial charge in [0.15, 0.2) is 0 Å². The van der Waals surface area contributed by atoms with Gasteiger partial charge in [0.2, 0.25) is 0 Å². The van der Waals surface area contributed by atoms with Crippen molar-refractivity contribution in [2.45, 2.75) is 11.3 Å². The van der Waals surface area contributed by atoms with Crippen molar-refractivity contribution in [1.82, 2.24) is 0 Å². The molecule has 234 valence electrons. The van der Waals surface area contributed by atoms with Gasteiger partial charge in [0.1, 0.15) is 0 Å². The first kappa shape index (κ1) is 28.7. The molecular weight excluding hydrogens is 601 g/mol. The van der Waals surface area contributed by atoms with Gasteiger partial charge < -0.3 is 0 Å². The molecule has 0 heterocycles. The van der Waals surface area contributed by atoms with Gasteiger partial charge in [-0.1, -0.05) is 200 Å². The molecule has 50 heavy (non-hydrogen) atoms. The monoisotopic (exact) mass is 634 g/mol. The molecule has 0 heteroatoms. The normalized spacial score (nSPS) is 13.1. The zero-order valence-electron chi connectivity index (χ0n) is 27.6. The second-order valence-electron chi connectivity index (χ2n) is 13.6. The van der Waals surface area contributed by atoms with Gasteiger partial charge in [-0.25, -0.2) is 0 Å². The number of rotatable bonds is 5. The summed E-state index contributed by atoms with van der Waals surface area (Å²) >= 11 is 0. The number of fused-ring (bicyclic) bond motifs is 10. The molecule has 0 saturated heterocycles. The fourth-order valence-corrected chi connectivity index (χ4v) is 8.96. The highest BCUT2D eigenvalue weighted by molar-refractivity contribution is 5.96. The van der Waals surface area contributed by atoms with Gasteiger partial charge in [-0.15, -0.1) is 0 Å². The van der Waals surface area contributed by atoms with Gasteiger partial charge in [-0.05, 0) is 83.5 Å². The van der Waals surface area contributed by atoms with Crippen LogP contribution in [0.15, 0.2) is 200 Å². The molecule has 0 amide bonds. The Morgan fingerprint density at radius 3 is 1.16 bits per heavy atom. The summed E-state index contributed by atoms with van der Waals surface area (Å²) in [6.45, 7) is 0. The SMILES string of the molecule is c1ccc(-c2ccc(C(c3ccc(-c4ccccc4)cc3)c3cccc4c3-c3ccccc3C43c4ccccc4-c4ccccc43)cc2)cc1. The summed E-state index contributed by atoms with van der Waals surface area (Å²) in [4.78, 5) is 0. The Balaban J connectivity index is 1.22. The van der Waals surface area contributed by atoms with E-state index in [9.17, 15) is 0 Å². The Kier molecular flexibility index (Phi) is 6.57. The van der Waals surface area contributed by atoms with Gasteiger partial charge in [-0.2, -0.15) is 0 Å². The predicted octanol–water partition coefficient (Wildman–Crippen LogP) is 12.5. The molecule has 8 aromatic rings. The van der Waals surface area contributed by atoms with Crippen LogP contribution in [0.1, 0.15) is 44.9 Å². The number of hydrogen-bond acceptors (Lipinski definition) is 0. The molecule has 0 nitrogen and oxygen atoms in total. The van der Waals surface area contributed by atoms with Crippen LogP contribution in [0.5, 0.6) is 0 Å². The van der Waals surface area contributed by atoms with E-state index in [2.05, 4.69) is 200 Å². The van der Waals surface area contributed by atoms with E-state index in [1.807, 2.05) is 0 Å². The third-order valence-corrected chi connectivity index (χ3v) is 11.1. The van der Waals surface area contributed by atoms with Crippen LogP contribution in [0.4, 0.5) is 0 Å². The minimum Gasteiger partial charge on any atom is -0.0622 e. The van der Waals surface area contributed by atoms with E-state index in [-0.39, 0.29) is 11.3 Å². The molecule has 0 unspecified atom stereocenters. The second-order valence-corrected chi connectivity index (χ2v) is 13.6. The molecule has 2 aliphatic rings. The Morgan fingerprint density at radius 1 is 0.280 bits per heavy atom. The van der Waals surface area contributed by atoms with Crippen molar-refractivity contribution in [3.63, 3.8) is 0 Å². The van der Waals surface area contributed by atoms with Gasteiger partial charge in [0.25, 0.3) is 0 Å². The zero-order valence-corrected chi connectivity index (χ0v) is 27.6. The first-order valence-corrected chi connectivity index (χ1v) is 17.6. The van der Waals surface area contributed by atoms with Crippen LogP contribution in [0.3, 0.4) is 0 Å². The molecule has 0 bridgehead atoms. The van der Waals surface area contributed by atoms with Crippen molar-refractivity contribution in [2.75, 3.05) is 0 Å². The van der Waals surface area contributed by atoms with Crippen LogP contribution in [0.2, 0.25) is 0 Å². The topological polar surface area (TPSA) is 0 Å². The Labute approximate surface area is 294 Å². The van der Waals surface area contributed by atoms with Crippen molar-refractivity contribution < 1.29 is 0 Å². The van der Waals surface area contributed by atoms with Crippen molar-refractivity contribution in [3.8, 4) is 44.5 Å². The fourth-order valence-electron chi connectivity index (χ4n) is 8.96. The second kappa shape index (κ2) is 11.4. The standard InChI is InChI=1S/C50H34/c1-3-14-34(15-4-1)36-26-30-38(31-27-36)48(39-32-28-37(29-33-39)35-16-5-2-6-17-35)43-21-13-25-47-49(43)42-20-9-12-24-46(42)50(47)44-22-10-7-18-40(44)41-19-8-11-23-45(41)50/h1-33,48H. The zero-order chi connectivity index (χ0) is 33.1. The summed E-state index contributed by atoms with van der Waals surface area (Å²) in [7, 11) is 0. The highest BCUT2D eigenvalue weighted by Gasteiger charge is 2.52. The third kappa shape index (κ3) is 4.18. The van der Waals surface area contributed by atoms with Crippen LogP contribution in [-0.2, 0) is 5.41 Å². The lowest BCUT2D eigenvalue weighted by Gasteiger charge is -2.31. The largest absolute Gasteiger partial charge is 0.0725 e. The van der Waals surface area contributed by atoms with E-state index in [1.54, 1.807) is 0 Å². The van der Waals surface area contributed by atoms with E-state index < -0.39 is 0 Å². The Morgan fingerprint density at radius 2 is 0.660 bits per heavy atom. The highest BCUT2D eigenvalue weighted by atomic mass is 14.5. The van der Waals surface area contributed by atoms with Crippen LogP contribution < -0.4 is 0 Å². The van der Waals surface area contributed by atoms with Gasteiger partial charge >= 0.3 is 0 Å². The summed E-state index contributed by atoms with van der Waals surface area (Å²) in [6, 6.07) is 74.2. The maximum atomic E-state index is 2.39. The van der Waals surface area contributed by atoms with E-state index >= 15 is 0 Å². The maximum Gasteiger partial charge on any atom is 0.0725 e. The van der Waals surface area contributed by atoms with E-state index in [0.717, 1.165) is 0 Å². The van der Waals surface area contributed by atoms with E-state index in [0.29, 0.717) is 0 Å². The lowest BCUT2D eigenvalue weighted by Crippen LogP contribution is -2.25. The summed E-state index contributed by atoms with van der Waals surface area (Å²) in [5.41, 5.74) is 19.3. The predicted molar refractivity (Wildman–Crippen MR) is 207 cm³/mol. The van der Waals surface area contributed by atoms with Crippen molar-refractivity contribution >= 4 is 0 Å². The average Bonchev–Trinajstić information content (AvgIpc) is 3.67. The molecule has 0 saturated carbocycles.